The van der Waals surface area contributed by atoms with Gasteiger partial charge in [0.25, 0.3) is 5.91 Å². The molecule has 0 aromatic heterocycles. The van der Waals surface area contributed by atoms with Gasteiger partial charge in [0.05, 0.1) is 19.8 Å². The second-order valence-corrected chi connectivity index (χ2v) is 6.90. The molecule has 0 spiro atoms. The molecule has 2 amide bonds. The van der Waals surface area contributed by atoms with E-state index in [0.717, 1.165) is 0 Å². The van der Waals surface area contributed by atoms with Gasteiger partial charge >= 0.3 is 0 Å². The van der Waals surface area contributed by atoms with E-state index in [1.54, 1.807) is 30.2 Å². The molecule has 1 aliphatic heterocycles. The lowest BCUT2D eigenvalue weighted by atomic mass is 9.94. The number of methoxy groups -OCH3 is 2. The molecule has 1 fully saturated rings. The Kier molecular flexibility index (Phi) is 5.36. The summed E-state index contributed by atoms with van der Waals surface area (Å²) < 4.78 is 10.5. The van der Waals surface area contributed by atoms with Crippen molar-refractivity contribution in [3.8, 4) is 11.5 Å². The van der Waals surface area contributed by atoms with Crippen molar-refractivity contribution in [2.24, 2.45) is 5.41 Å². The maximum absolute atomic E-state index is 12.8. The van der Waals surface area contributed by atoms with E-state index in [1.807, 2.05) is 25.7 Å². The minimum Gasteiger partial charge on any atom is -0.497 e. The summed E-state index contributed by atoms with van der Waals surface area (Å²) in [5.74, 6) is 1.17. The Morgan fingerprint density at radius 3 is 2.04 bits per heavy atom. The highest BCUT2D eigenvalue weighted by Gasteiger charge is 2.31. The van der Waals surface area contributed by atoms with Gasteiger partial charge in [-0.3, -0.25) is 9.59 Å². The Balaban J connectivity index is 2.07. The lowest BCUT2D eigenvalue weighted by molar-refractivity contribution is -0.140. The largest absolute Gasteiger partial charge is 0.497 e. The molecule has 1 heterocycles. The van der Waals surface area contributed by atoms with Gasteiger partial charge in [0.15, 0.2) is 0 Å². The number of nitrogens with zero attached hydrogens (tertiary/aromatic N) is 2. The van der Waals surface area contributed by atoms with Crippen LogP contribution in [-0.4, -0.2) is 62.0 Å². The summed E-state index contributed by atoms with van der Waals surface area (Å²) in [6.07, 6.45) is 0. The van der Waals surface area contributed by atoms with E-state index in [-0.39, 0.29) is 11.8 Å². The number of ether oxygens (including phenoxy) is 2. The zero-order valence-electron chi connectivity index (χ0n) is 15.1. The van der Waals surface area contributed by atoms with Crippen LogP contribution in [-0.2, 0) is 4.79 Å². The number of hydrogen-bond acceptors (Lipinski definition) is 4. The predicted octanol–water partition coefficient (Wildman–Crippen LogP) is 2.03. The number of carbonyl (C=O) groups excluding carboxylic acids is 2. The van der Waals surface area contributed by atoms with Crippen molar-refractivity contribution in [3.05, 3.63) is 23.8 Å². The molecule has 0 radical (unpaired) electrons. The standard InChI is InChI=1S/C18H26N2O4/c1-18(2,3)17(22)20-10-8-19(9-11-20)16(21)14-7-6-13(23-4)12-15(14)24-5/h6-7,12H,8-11H2,1-5H3. The lowest BCUT2D eigenvalue weighted by Gasteiger charge is -2.37. The van der Waals surface area contributed by atoms with Crippen LogP contribution in [0, 0.1) is 5.41 Å². The molecule has 0 bridgehead atoms. The van der Waals surface area contributed by atoms with Crippen LogP contribution in [0.2, 0.25) is 0 Å². The molecule has 0 unspecified atom stereocenters. The van der Waals surface area contributed by atoms with Crippen LogP contribution >= 0.6 is 0 Å². The predicted molar refractivity (Wildman–Crippen MR) is 91.5 cm³/mol. The molecule has 1 aromatic rings. The van der Waals surface area contributed by atoms with Crippen LogP contribution in [0.5, 0.6) is 11.5 Å². The fourth-order valence-corrected chi connectivity index (χ4v) is 2.73. The summed E-state index contributed by atoms with van der Waals surface area (Å²) in [5, 5.41) is 0. The SMILES string of the molecule is COc1ccc(C(=O)N2CCN(C(=O)C(C)(C)C)CC2)c(OC)c1. The lowest BCUT2D eigenvalue weighted by Crippen LogP contribution is -2.53. The summed E-state index contributed by atoms with van der Waals surface area (Å²) in [4.78, 5) is 28.7. The van der Waals surface area contributed by atoms with Crippen molar-refractivity contribution in [2.45, 2.75) is 20.8 Å². The summed E-state index contributed by atoms with van der Waals surface area (Å²) in [5.41, 5.74) is 0.111. The van der Waals surface area contributed by atoms with Gasteiger partial charge in [-0.15, -0.1) is 0 Å². The van der Waals surface area contributed by atoms with Crippen molar-refractivity contribution in [1.82, 2.24) is 9.80 Å². The van der Waals surface area contributed by atoms with E-state index < -0.39 is 5.41 Å². The van der Waals surface area contributed by atoms with Crippen LogP contribution < -0.4 is 9.47 Å². The number of piperazine rings is 1. The van der Waals surface area contributed by atoms with Gasteiger partial charge in [0, 0.05) is 37.7 Å². The van der Waals surface area contributed by atoms with Crippen molar-refractivity contribution >= 4 is 11.8 Å². The van der Waals surface area contributed by atoms with Gasteiger partial charge in [0.1, 0.15) is 11.5 Å². The monoisotopic (exact) mass is 334 g/mol. The highest BCUT2D eigenvalue weighted by molar-refractivity contribution is 5.97. The summed E-state index contributed by atoms with van der Waals surface area (Å²) >= 11 is 0. The van der Waals surface area contributed by atoms with Crippen molar-refractivity contribution < 1.29 is 19.1 Å². The molecular formula is C18H26N2O4. The average Bonchev–Trinajstić information content (AvgIpc) is 2.59. The molecule has 0 saturated carbocycles. The van der Waals surface area contributed by atoms with E-state index in [4.69, 9.17) is 9.47 Å². The molecule has 24 heavy (non-hydrogen) atoms. The van der Waals surface area contributed by atoms with Crippen molar-refractivity contribution in [1.29, 1.82) is 0 Å². The van der Waals surface area contributed by atoms with E-state index in [9.17, 15) is 9.59 Å². The third-order valence-corrected chi connectivity index (χ3v) is 4.13. The van der Waals surface area contributed by atoms with E-state index in [0.29, 0.717) is 43.2 Å². The van der Waals surface area contributed by atoms with Crippen molar-refractivity contribution in [2.75, 3.05) is 40.4 Å². The smallest absolute Gasteiger partial charge is 0.257 e. The topological polar surface area (TPSA) is 59.1 Å². The summed E-state index contributed by atoms with van der Waals surface area (Å²) in [6.45, 7) is 7.89. The molecule has 1 aliphatic rings. The van der Waals surface area contributed by atoms with Crippen LogP contribution in [0.25, 0.3) is 0 Å². The third-order valence-electron chi connectivity index (χ3n) is 4.13. The molecule has 6 nitrogen and oxygen atoms in total. The first-order chi connectivity index (χ1) is 11.3. The number of carbonyl (C=O) groups is 2. The number of benzene rings is 1. The molecule has 1 aromatic carbocycles. The fraction of sp³-hybridized carbons (Fsp3) is 0.556. The number of hydrogen-bond donors (Lipinski definition) is 0. The molecule has 1 saturated heterocycles. The molecule has 0 N–H and O–H groups in total. The van der Waals surface area contributed by atoms with Crippen molar-refractivity contribution in [3.63, 3.8) is 0 Å². The molecule has 0 atom stereocenters. The van der Waals surface area contributed by atoms with Gasteiger partial charge < -0.3 is 19.3 Å². The summed E-state index contributed by atoms with van der Waals surface area (Å²) in [6, 6.07) is 5.16. The molecule has 132 valence electrons. The second kappa shape index (κ2) is 7.11. The molecule has 6 heteroatoms. The normalized spacial score (nSPS) is 15.2. The van der Waals surface area contributed by atoms with E-state index in [2.05, 4.69) is 0 Å². The van der Waals surface area contributed by atoms with Crippen LogP contribution in [0.1, 0.15) is 31.1 Å². The molecule has 0 aliphatic carbocycles. The van der Waals surface area contributed by atoms with Crippen LogP contribution in [0.3, 0.4) is 0 Å². The van der Waals surface area contributed by atoms with Gasteiger partial charge in [-0.25, -0.2) is 0 Å². The first-order valence-electron chi connectivity index (χ1n) is 8.08. The fourth-order valence-electron chi connectivity index (χ4n) is 2.73. The average molecular weight is 334 g/mol. The molecule has 2 rings (SSSR count). The Morgan fingerprint density at radius 2 is 1.54 bits per heavy atom. The highest BCUT2D eigenvalue weighted by atomic mass is 16.5. The Labute approximate surface area is 143 Å². The zero-order valence-corrected chi connectivity index (χ0v) is 15.1. The quantitative estimate of drug-likeness (QED) is 0.849. The van der Waals surface area contributed by atoms with Gasteiger partial charge in [-0.1, -0.05) is 20.8 Å². The highest BCUT2D eigenvalue weighted by Crippen LogP contribution is 2.26. The number of rotatable bonds is 3. The Morgan fingerprint density at radius 1 is 0.958 bits per heavy atom. The zero-order chi connectivity index (χ0) is 17.9. The van der Waals surface area contributed by atoms with Gasteiger partial charge in [0.2, 0.25) is 5.91 Å². The maximum Gasteiger partial charge on any atom is 0.257 e. The van der Waals surface area contributed by atoms with E-state index >= 15 is 0 Å². The maximum atomic E-state index is 12.8. The van der Waals surface area contributed by atoms with Crippen LogP contribution in [0.15, 0.2) is 18.2 Å². The number of amides is 2. The third kappa shape index (κ3) is 3.80. The first-order valence-corrected chi connectivity index (χ1v) is 8.08. The minimum absolute atomic E-state index is 0.0858. The summed E-state index contributed by atoms with van der Waals surface area (Å²) in [7, 11) is 3.10. The molecular weight excluding hydrogens is 308 g/mol. The Bertz CT molecular complexity index is 614. The van der Waals surface area contributed by atoms with Crippen LogP contribution in [0.4, 0.5) is 0 Å². The second-order valence-electron chi connectivity index (χ2n) is 6.90. The van der Waals surface area contributed by atoms with Gasteiger partial charge in [-0.05, 0) is 12.1 Å². The Hall–Kier alpha value is -2.24. The van der Waals surface area contributed by atoms with E-state index in [1.165, 1.54) is 7.11 Å². The van der Waals surface area contributed by atoms with Gasteiger partial charge in [-0.2, -0.15) is 0 Å². The first kappa shape index (κ1) is 18.1. The minimum atomic E-state index is -0.397.